The quantitative estimate of drug-likeness (QED) is 0.402. The summed E-state index contributed by atoms with van der Waals surface area (Å²) >= 11 is 0. The van der Waals surface area contributed by atoms with E-state index in [1.165, 1.54) is 0 Å². The first-order valence-corrected chi connectivity index (χ1v) is 6.42. The van der Waals surface area contributed by atoms with Crippen LogP contribution in [-0.2, 0) is 19.6 Å². The van der Waals surface area contributed by atoms with Crippen molar-refractivity contribution in [1.82, 2.24) is 14.7 Å². The first-order chi connectivity index (χ1) is 8.83. The Balaban J connectivity index is 2.64. The fraction of sp³-hybridized carbons (Fsp3) is 0.375. The van der Waals surface area contributed by atoms with E-state index >= 15 is 0 Å². The molecule has 19 heavy (non-hydrogen) atoms. The largest absolute Gasteiger partial charge is 0.480 e. The molecule has 0 radical (unpaired) electrons. The molecule has 0 fully saturated rings. The molecule has 0 atom stereocenters. The van der Waals surface area contributed by atoms with Crippen LogP contribution < -0.4 is 16.0 Å². The number of H-pyrrole nitrogens is 2. The predicted molar refractivity (Wildman–Crippen MR) is 61.3 cm³/mol. The Kier molecular flexibility index (Phi) is 4.97. The molecular weight excluding hydrogens is 282 g/mol. The highest BCUT2D eigenvalue weighted by Crippen LogP contribution is 1.96. The van der Waals surface area contributed by atoms with Crippen molar-refractivity contribution >= 4 is 16.0 Å². The molecule has 4 N–H and O–H groups in total. The maximum absolute atomic E-state index is 11.6. The van der Waals surface area contributed by atoms with Crippen LogP contribution in [0.25, 0.3) is 0 Å². The van der Waals surface area contributed by atoms with Gasteiger partial charge in [-0.25, -0.2) is 22.7 Å². The number of carboxylic acid groups (broad SMARTS) is 1. The Hall–Kier alpha value is -1.98. The van der Waals surface area contributed by atoms with Gasteiger partial charge in [-0.3, -0.25) is 9.78 Å². The molecule has 1 aromatic rings. The number of aliphatic carboxylic acids is 1. The van der Waals surface area contributed by atoms with Crippen molar-refractivity contribution in [3.63, 3.8) is 0 Å². The van der Waals surface area contributed by atoms with Crippen molar-refractivity contribution in [2.24, 2.45) is 0 Å². The minimum absolute atomic E-state index is 0.174. The molecule has 0 aromatic carbocycles. The summed E-state index contributed by atoms with van der Waals surface area (Å²) in [6.07, 6.45) is 0.765. The summed E-state index contributed by atoms with van der Waals surface area (Å²) in [5.41, 5.74) is -1.88. The average molecular weight is 293 g/mol. The second-order valence-electron chi connectivity index (χ2n) is 3.28. The van der Waals surface area contributed by atoms with Gasteiger partial charge in [-0.15, -0.1) is 0 Å². The second kappa shape index (κ2) is 6.26. The Labute approximate surface area is 106 Å². The lowest BCUT2D eigenvalue weighted by atomic mass is 10.7. The first-order valence-electron chi connectivity index (χ1n) is 4.94. The van der Waals surface area contributed by atoms with Gasteiger partial charge < -0.3 is 14.8 Å². The standard InChI is InChI=1S/C8H11N3O7S/c12-6(13)4-18-2-1-10-19(16,17)5-3-9-8(15)11-7(5)14/h3,10H,1-2,4H2,(H,12,13)(H2,9,11,14,15). The fourth-order valence-corrected chi connectivity index (χ4v) is 2.10. The summed E-state index contributed by atoms with van der Waals surface area (Å²) in [6.45, 7) is -0.943. The molecule has 0 unspecified atom stereocenters. The highest BCUT2D eigenvalue weighted by atomic mass is 32.2. The number of hydrogen-bond acceptors (Lipinski definition) is 6. The van der Waals surface area contributed by atoms with E-state index in [2.05, 4.69) is 4.74 Å². The molecule has 1 aromatic heterocycles. The third-order valence-corrected chi connectivity index (χ3v) is 3.31. The van der Waals surface area contributed by atoms with Crippen molar-refractivity contribution in [2.45, 2.75) is 4.90 Å². The van der Waals surface area contributed by atoms with Gasteiger partial charge >= 0.3 is 11.7 Å². The molecule has 106 valence electrons. The average Bonchev–Trinajstić information content (AvgIpc) is 2.27. The Morgan fingerprint density at radius 3 is 2.68 bits per heavy atom. The van der Waals surface area contributed by atoms with E-state index < -0.39 is 38.7 Å². The number of rotatable bonds is 7. The lowest BCUT2D eigenvalue weighted by Gasteiger charge is -2.05. The van der Waals surface area contributed by atoms with E-state index in [0.717, 1.165) is 6.20 Å². The summed E-state index contributed by atoms with van der Waals surface area (Å²) < 4.78 is 29.9. The Morgan fingerprint density at radius 1 is 1.42 bits per heavy atom. The van der Waals surface area contributed by atoms with E-state index in [-0.39, 0.29) is 13.2 Å². The molecule has 0 bridgehead atoms. The monoisotopic (exact) mass is 293 g/mol. The molecule has 0 saturated heterocycles. The molecule has 0 aliphatic rings. The summed E-state index contributed by atoms with van der Waals surface area (Å²) in [7, 11) is -4.10. The van der Waals surface area contributed by atoms with Crippen molar-refractivity contribution in [2.75, 3.05) is 19.8 Å². The van der Waals surface area contributed by atoms with Gasteiger partial charge in [0, 0.05) is 12.7 Å². The lowest BCUT2D eigenvalue weighted by molar-refractivity contribution is -0.142. The van der Waals surface area contributed by atoms with Crippen LogP contribution in [-0.4, -0.2) is 49.2 Å². The number of aromatic amines is 2. The van der Waals surface area contributed by atoms with Gasteiger partial charge in [0.1, 0.15) is 6.61 Å². The SMILES string of the molecule is O=C(O)COCCNS(=O)(=O)c1c[nH]c(=O)[nH]c1=O. The Bertz CT molecular complexity index is 659. The molecule has 0 aliphatic heterocycles. The van der Waals surface area contributed by atoms with Gasteiger partial charge in [0.2, 0.25) is 10.0 Å². The molecule has 1 rings (SSSR count). The third kappa shape index (κ3) is 4.65. The van der Waals surface area contributed by atoms with Crippen LogP contribution in [0.15, 0.2) is 20.7 Å². The molecule has 0 amide bonds. The number of hydrogen-bond donors (Lipinski definition) is 4. The molecule has 1 heterocycles. The van der Waals surface area contributed by atoms with E-state index in [0.29, 0.717) is 0 Å². The normalized spacial score (nSPS) is 11.4. The number of carboxylic acids is 1. The summed E-state index contributed by atoms with van der Waals surface area (Å²) in [5, 5.41) is 8.27. The smallest absolute Gasteiger partial charge is 0.329 e. The van der Waals surface area contributed by atoms with Crippen LogP contribution in [0.3, 0.4) is 0 Å². The maximum Gasteiger partial charge on any atom is 0.329 e. The first kappa shape index (κ1) is 15.1. The Morgan fingerprint density at radius 2 is 2.11 bits per heavy atom. The van der Waals surface area contributed by atoms with Crippen molar-refractivity contribution < 1.29 is 23.1 Å². The molecule has 10 nitrogen and oxygen atoms in total. The van der Waals surface area contributed by atoms with Gasteiger partial charge in [-0.1, -0.05) is 0 Å². The zero-order chi connectivity index (χ0) is 14.5. The zero-order valence-electron chi connectivity index (χ0n) is 9.50. The molecular formula is C8H11N3O7S. The van der Waals surface area contributed by atoms with E-state index in [4.69, 9.17) is 5.11 Å². The van der Waals surface area contributed by atoms with Crippen LogP contribution in [0.5, 0.6) is 0 Å². The van der Waals surface area contributed by atoms with E-state index in [9.17, 15) is 22.8 Å². The van der Waals surface area contributed by atoms with Gasteiger partial charge in [-0.2, -0.15) is 0 Å². The zero-order valence-corrected chi connectivity index (χ0v) is 10.3. The number of nitrogens with one attached hydrogen (secondary N) is 3. The van der Waals surface area contributed by atoms with Crippen LogP contribution >= 0.6 is 0 Å². The number of sulfonamides is 1. The summed E-state index contributed by atoms with van der Waals surface area (Å²) in [6, 6.07) is 0. The van der Waals surface area contributed by atoms with Gasteiger partial charge in [-0.05, 0) is 0 Å². The molecule has 0 saturated carbocycles. The van der Waals surface area contributed by atoms with Crippen LogP contribution in [0.2, 0.25) is 0 Å². The summed E-state index contributed by atoms with van der Waals surface area (Å²) in [4.78, 5) is 35.2. The maximum atomic E-state index is 11.6. The number of ether oxygens (including phenoxy) is 1. The van der Waals surface area contributed by atoms with Crippen LogP contribution in [0.4, 0.5) is 0 Å². The topological polar surface area (TPSA) is 158 Å². The highest BCUT2D eigenvalue weighted by molar-refractivity contribution is 7.89. The van der Waals surface area contributed by atoms with Gasteiger partial charge in [0.15, 0.2) is 4.90 Å². The van der Waals surface area contributed by atoms with Crippen LogP contribution in [0, 0.1) is 0 Å². The van der Waals surface area contributed by atoms with Crippen molar-refractivity contribution in [3.8, 4) is 0 Å². The van der Waals surface area contributed by atoms with Crippen molar-refractivity contribution in [3.05, 3.63) is 27.0 Å². The number of aromatic nitrogens is 2. The minimum Gasteiger partial charge on any atom is -0.480 e. The molecule has 0 spiro atoms. The lowest BCUT2D eigenvalue weighted by Crippen LogP contribution is -2.34. The number of carbonyl (C=O) groups is 1. The van der Waals surface area contributed by atoms with Crippen LogP contribution in [0.1, 0.15) is 0 Å². The van der Waals surface area contributed by atoms with Gasteiger partial charge in [0.05, 0.1) is 6.61 Å². The highest BCUT2D eigenvalue weighted by Gasteiger charge is 2.18. The fourth-order valence-electron chi connectivity index (χ4n) is 1.08. The predicted octanol–water partition coefficient (Wildman–Crippen LogP) is -2.56. The third-order valence-electron chi connectivity index (χ3n) is 1.84. The van der Waals surface area contributed by atoms with E-state index in [1.807, 2.05) is 9.71 Å². The minimum atomic E-state index is -4.10. The van der Waals surface area contributed by atoms with E-state index in [1.54, 1.807) is 4.98 Å². The van der Waals surface area contributed by atoms with Gasteiger partial charge in [0.25, 0.3) is 5.56 Å². The molecule has 11 heteroatoms. The second-order valence-corrected chi connectivity index (χ2v) is 5.02. The summed E-state index contributed by atoms with van der Waals surface area (Å²) in [5.74, 6) is -1.18. The molecule has 0 aliphatic carbocycles. The van der Waals surface area contributed by atoms with Crippen molar-refractivity contribution in [1.29, 1.82) is 0 Å².